The summed E-state index contributed by atoms with van der Waals surface area (Å²) in [4.78, 5) is 25.1. The molecular weight excluding hydrogens is 396 g/mol. The Labute approximate surface area is 180 Å². The van der Waals surface area contributed by atoms with Crippen LogP contribution in [0.15, 0.2) is 23.0 Å². The van der Waals surface area contributed by atoms with Gasteiger partial charge in [0.15, 0.2) is 11.5 Å². The number of ether oxygens (including phenoxy) is 2. The van der Waals surface area contributed by atoms with Crippen LogP contribution in [-0.4, -0.2) is 35.4 Å². The Hall–Kier alpha value is -3.34. The molecule has 1 aromatic carbocycles. The van der Waals surface area contributed by atoms with Crippen molar-refractivity contribution in [3.8, 4) is 17.6 Å². The van der Waals surface area contributed by atoms with Gasteiger partial charge in [-0.2, -0.15) is 10.4 Å². The lowest BCUT2D eigenvalue weighted by Gasteiger charge is -2.31. The molecule has 0 radical (unpaired) electrons. The molecule has 0 unspecified atom stereocenters. The Morgan fingerprint density at radius 3 is 2.65 bits per heavy atom. The molecule has 1 aliphatic carbocycles. The van der Waals surface area contributed by atoms with Gasteiger partial charge in [-0.1, -0.05) is 18.9 Å². The first-order valence-corrected chi connectivity index (χ1v) is 10.6. The molecule has 0 bridgehead atoms. The van der Waals surface area contributed by atoms with Crippen molar-refractivity contribution in [2.24, 2.45) is 0 Å². The van der Waals surface area contributed by atoms with E-state index in [-0.39, 0.29) is 23.4 Å². The Kier molecular flexibility index (Phi) is 5.68. The minimum atomic E-state index is -0.539. The molecule has 162 valence electrons. The van der Waals surface area contributed by atoms with Crippen molar-refractivity contribution in [1.82, 2.24) is 15.1 Å². The molecule has 1 fully saturated rings. The molecule has 8 heteroatoms. The molecule has 1 aromatic heterocycles. The van der Waals surface area contributed by atoms with Crippen molar-refractivity contribution in [2.45, 2.75) is 51.5 Å². The Morgan fingerprint density at radius 1 is 1.23 bits per heavy atom. The van der Waals surface area contributed by atoms with Gasteiger partial charge in [-0.25, -0.2) is 4.68 Å². The van der Waals surface area contributed by atoms with E-state index in [1.54, 1.807) is 13.8 Å². The molecule has 0 spiro atoms. The van der Waals surface area contributed by atoms with Crippen LogP contribution in [0.5, 0.6) is 11.5 Å². The van der Waals surface area contributed by atoms with E-state index >= 15 is 0 Å². The van der Waals surface area contributed by atoms with Crippen LogP contribution < -0.4 is 20.3 Å². The Bertz CT molecular complexity index is 1110. The summed E-state index contributed by atoms with van der Waals surface area (Å²) in [6.45, 7) is 4.74. The maximum atomic E-state index is 12.7. The number of carbonyl (C=O) groups is 1. The van der Waals surface area contributed by atoms with Crippen LogP contribution in [0.2, 0.25) is 0 Å². The number of nitriles is 1. The number of rotatable bonds is 5. The lowest BCUT2D eigenvalue weighted by Crippen LogP contribution is -2.42. The zero-order valence-corrected chi connectivity index (χ0v) is 17.9. The van der Waals surface area contributed by atoms with Gasteiger partial charge in [0.2, 0.25) is 5.91 Å². The number of amides is 1. The number of nitrogens with zero attached hydrogens (tertiary/aromatic N) is 3. The number of hydrogen-bond donors (Lipinski definition) is 1. The lowest BCUT2D eigenvalue weighted by molar-refractivity contribution is -0.122. The highest BCUT2D eigenvalue weighted by Gasteiger charge is 2.37. The van der Waals surface area contributed by atoms with E-state index in [4.69, 9.17) is 9.47 Å². The van der Waals surface area contributed by atoms with Gasteiger partial charge in [-0.05, 0) is 49.9 Å². The first-order chi connectivity index (χ1) is 14.9. The van der Waals surface area contributed by atoms with Gasteiger partial charge < -0.3 is 14.8 Å². The average Bonchev–Trinajstić information content (AvgIpc) is 3.26. The van der Waals surface area contributed by atoms with E-state index in [0.29, 0.717) is 31.0 Å². The van der Waals surface area contributed by atoms with E-state index in [9.17, 15) is 14.9 Å². The topological polar surface area (TPSA) is 106 Å². The molecule has 1 aliphatic heterocycles. The molecule has 0 saturated heterocycles. The number of benzene rings is 1. The predicted octanol–water partition coefficient (Wildman–Crippen LogP) is 2.13. The third-order valence-corrected chi connectivity index (χ3v) is 6.38. The number of aromatic nitrogens is 2. The minimum Gasteiger partial charge on any atom is -0.486 e. The molecule has 2 aliphatic rings. The molecule has 1 saturated carbocycles. The molecular formula is C23H26N4O4. The van der Waals surface area contributed by atoms with Gasteiger partial charge >= 0.3 is 0 Å². The SMILES string of the molecule is Cc1nn(CC(=O)NCC2(c3ccc4c(c3)OCCO4)CCCC2)c(=O)c(C#N)c1C. The van der Waals surface area contributed by atoms with Crippen molar-refractivity contribution in [1.29, 1.82) is 5.26 Å². The third kappa shape index (κ3) is 4.00. The average molecular weight is 422 g/mol. The fourth-order valence-electron chi connectivity index (χ4n) is 4.46. The molecule has 0 atom stereocenters. The summed E-state index contributed by atoms with van der Waals surface area (Å²) in [5, 5.41) is 16.4. The Balaban J connectivity index is 1.51. The van der Waals surface area contributed by atoms with Crippen molar-refractivity contribution in [2.75, 3.05) is 19.8 Å². The molecule has 4 rings (SSSR count). The quantitative estimate of drug-likeness (QED) is 0.791. The second kappa shape index (κ2) is 8.42. The van der Waals surface area contributed by atoms with E-state index in [1.165, 1.54) is 0 Å². The number of aryl methyl sites for hydroxylation is 1. The fraction of sp³-hybridized carbons (Fsp3) is 0.478. The highest BCUT2D eigenvalue weighted by atomic mass is 16.6. The van der Waals surface area contributed by atoms with Crippen LogP contribution in [0.25, 0.3) is 0 Å². The second-order valence-corrected chi connectivity index (χ2v) is 8.28. The van der Waals surface area contributed by atoms with E-state index < -0.39 is 5.56 Å². The summed E-state index contributed by atoms with van der Waals surface area (Å²) in [7, 11) is 0. The van der Waals surface area contributed by atoms with Gasteiger partial charge in [0.1, 0.15) is 31.4 Å². The second-order valence-electron chi connectivity index (χ2n) is 8.28. The maximum absolute atomic E-state index is 12.7. The standard InChI is InChI=1S/C23H26N4O4/c1-15-16(2)26-27(22(29)18(15)12-24)13-21(28)25-14-23(7-3-4-8-23)17-5-6-19-20(11-17)31-10-9-30-19/h5-6,11H,3-4,7-10,13-14H2,1-2H3,(H,25,28). The number of fused-ring (bicyclic) bond motifs is 1. The monoisotopic (exact) mass is 422 g/mol. The molecule has 1 amide bonds. The van der Waals surface area contributed by atoms with Crippen LogP contribution >= 0.6 is 0 Å². The van der Waals surface area contributed by atoms with Gasteiger partial charge in [0.05, 0.1) is 5.69 Å². The maximum Gasteiger partial charge on any atom is 0.285 e. The number of carbonyl (C=O) groups excluding carboxylic acids is 1. The van der Waals surface area contributed by atoms with Gasteiger partial charge in [0.25, 0.3) is 5.56 Å². The Morgan fingerprint density at radius 2 is 1.94 bits per heavy atom. The van der Waals surface area contributed by atoms with Crippen LogP contribution in [0.4, 0.5) is 0 Å². The largest absolute Gasteiger partial charge is 0.486 e. The summed E-state index contributed by atoms with van der Waals surface area (Å²) < 4.78 is 12.4. The van der Waals surface area contributed by atoms with E-state index in [2.05, 4.69) is 16.5 Å². The normalized spacial score (nSPS) is 16.5. The third-order valence-electron chi connectivity index (χ3n) is 6.38. The summed E-state index contributed by atoms with van der Waals surface area (Å²) in [6.07, 6.45) is 4.11. The summed E-state index contributed by atoms with van der Waals surface area (Å²) in [5.74, 6) is 1.20. The first-order valence-electron chi connectivity index (χ1n) is 10.6. The summed E-state index contributed by atoms with van der Waals surface area (Å²) in [6, 6.07) is 7.94. The number of nitrogens with one attached hydrogen (secondary N) is 1. The van der Waals surface area contributed by atoms with E-state index in [1.807, 2.05) is 18.2 Å². The number of hydrogen-bond acceptors (Lipinski definition) is 6. The molecule has 2 heterocycles. The first kappa shape index (κ1) is 20.9. The molecule has 2 aromatic rings. The summed E-state index contributed by atoms with van der Waals surface area (Å²) in [5.41, 5.74) is 1.56. The van der Waals surface area contributed by atoms with Crippen molar-refractivity contribution in [3.63, 3.8) is 0 Å². The van der Waals surface area contributed by atoms with E-state index in [0.717, 1.165) is 47.4 Å². The zero-order chi connectivity index (χ0) is 22.0. The zero-order valence-electron chi connectivity index (χ0n) is 17.9. The van der Waals surface area contributed by atoms with Crippen LogP contribution in [-0.2, 0) is 16.8 Å². The van der Waals surface area contributed by atoms with Gasteiger partial charge in [0, 0.05) is 12.0 Å². The van der Waals surface area contributed by atoms with Crippen molar-refractivity contribution < 1.29 is 14.3 Å². The summed E-state index contributed by atoms with van der Waals surface area (Å²) >= 11 is 0. The highest BCUT2D eigenvalue weighted by Crippen LogP contribution is 2.43. The van der Waals surface area contributed by atoms with Gasteiger partial charge in [-0.15, -0.1) is 0 Å². The highest BCUT2D eigenvalue weighted by molar-refractivity contribution is 5.75. The smallest absolute Gasteiger partial charge is 0.285 e. The lowest BCUT2D eigenvalue weighted by atomic mass is 9.78. The minimum absolute atomic E-state index is 0.0313. The molecule has 31 heavy (non-hydrogen) atoms. The van der Waals surface area contributed by atoms with Crippen LogP contribution in [0.3, 0.4) is 0 Å². The molecule has 8 nitrogen and oxygen atoms in total. The predicted molar refractivity (Wildman–Crippen MR) is 113 cm³/mol. The fourth-order valence-corrected chi connectivity index (χ4v) is 4.46. The van der Waals surface area contributed by atoms with Crippen molar-refractivity contribution in [3.05, 3.63) is 50.9 Å². The van der Waals surface area contributed by atoms with Crippen LogP contribution in [0, 0.1) is 25.2 Å². The van der Waals surface area contributed by atoms with Crippen LogP contribution in [0.1, 0.15) is 48.1 Å². The molecule has 1 N–H and O–H groups in total. The van der Waals surface area contributed by atoms with Crippen molar-refractivity contribution >= 4 is 5.91 Å². The van der Waals surface area contributed by atoms with Gasteiger partial charge in [-0.3, -0.25) is 9.59 Å².